The van der Waals surface area contributed by atoms with Crippen molar-refractivity contribution < 1.29 is 9.59 Å². The minimum absolute atomic E-state index is 0.134. The van der Waals surface area contributed by atoms with Crippen molar-refractivity contribution in [2.75, 3.05) is 14.1 Å². The van der Waals surface area contributed by atoms with Gasteiger partial charge in [-0.3, -0.25) is 9.59 Å². The first-order chi connectivity index (χ1) is 12.0. The largest absolute Gasteiger partial charge is 0.347 e. The number of likely N-dealkylation sites (N-methyl/N-ethyl adjacent to an activating group) is 1. The molecule has 0 aliphatic heterocycles. The van der Waals surface area contributed by atoms with E-state index < -0.39 is 12.1 Å². The van der Waals surface area contributed by atoms with Gasteiger partial charge in [0, 0.05) is 33.0 Å². The molecule has 3 N–H and O–H groups in total. The molecule has 0 saturated carbocycles. The van der Waals surface area contributed by atoms with Crippen LogP contribution in [0.15, 0.2) is 60.7 Å². The van der Waals surface area contributed by atoms with E-state index in [0.29, 0.717) is 6.42 Å². The smallest absolute Gasteiger partial charge is 0.244 e. The summed E-state index contributed by atoms with van der Waals surface area (Å²) in [6, 6.07) is 18.1. The summed E-state index contributed by atoms with van der Waals surface area (Å²) in [6.07, 6.45) is 0.584. The van der Waals surface area contributed by atoms with Crippen molar-refractivity contribution in [1.29, 1.82) is 0 Å². The van der Waals surface area contributed by atoms with E-state index in [9.17, 15) is 9.59 Å². The van der Waals surface area contributed by atoms with Crippen LogP contribution in [0.3, 0.4) is 0 Å². The van der Waals surface area contributed by atoms with Crippen LogP contribution in [0.1, 0.15) is 23.6 Å². The predicted molar refractivity (Wildman–Crippen MR) is 98.8 cm³/mol. The highest BCUT2D eigenvalue weighted by Gasteiger charge is 2.23. The molecule has 25 heavy (non-hydrogen) atoms. The quantitative estimate of drug-likeness (QED) is 0.809. The number of hydrogen-bond donors (Lipinski definition) is 2. The number of nitrogens with one attached hydrogen (secondary N) is 1. The molecule has 0 spiro atoms. The van der Waals surface area contributed by atoms with Crippen molar-refractivity contribution in [3.8, 4) is 0 Å². The lowest BCUT2D eigenvalue weighted by Crippen LogP contribution is -2.48. The SMILES string of the molecule is CN(C)C(=O)C(Cc1ccccc1)NC(=O)CC(N)c1ccccc1. The van der Waals surface area contributed by atoms with Gasteiger partial charge in [0.2, 0.25) is 11.8 Å². The van der Waals surface area contributed by atoms with Gasteiger partial charge in [0.05, 0.1) is 0 Å². The summed E-state index contributed by atoms with van der Waals surface area (Å²) in [5.41, 5.74) is 8.00. The number of amides is 2. The van der Waals surface area contributed by atoms with E-state index in [1.54, 1.807) is 14.1 Å². The molecular weight excluding hydrogens is 314 g/mol. The van der Waals surface area contributed by atoms with E-state index in [4.69, 9.17) is 5.73 Å². The highest BCUT2D eigenvalue weighted by molar-refractivity contribution is 5.87. The molecule has 0 heterocycles. The van der Waals surface area contributed by atoms with E-state index in [0.717, 1.165) is 11.1 Å². The van der Waals surface area contributed by atoms with Crippen LogP contribution >= 0.6 is 0 Å². The van der Waals surface area contributed by atoms with E-state index in [-0.39, 0.29) is 18.2 Å². The summed E-state index contributed by atoms with van der Waals surface area (Å²) >= 11 is 0. The molecular formula is C20H25N3O2. The Balaban J connectivity index is 2.02. The van der Waals surface area contributed by atoms with Gasteiger partial charge < -0.3 is 16.0 Å². The fourth-order valence-corrected chi connectivity index (χ4v) is 2.63. The van der Waals surface area contributed by atoms with E-state index in [1.807, 2.05) is 60.7 Å². The number of hydrogen-bond acceptors (Lipinski definition) is 3. The monoisotopic (exact) mass is 339 g/mol. The Hall–Kier alpha value is -2.66. The Labute approximate surface area is 148 Å². The molecule has 2 amide bonds. The van der Waals surface area contributed by atoms with Gasteiger partial charge in [0.1, 0.15) is 6.04 Å². The molecule has 2 atom stereocenters. The number of rotatable bonds is 7. The lowest BCUT2D eigenvalue weighted by molar-refractivity contribution is -0.134. The van der Waals surface area contributed by atoms with Crippen molar-refractivity contribution >= 4 is 11.8 Å². The van der Waals surface area contributed by atoms with Crippen molar-refractivity contribution in [3.05, 3.63) is 71.8 Å². The zero-order valence-corrected chi connectivity index (χ0v) is 14.7. The molecule has 5 nitrogen and oxygen atoms in total. The summed E-state index contributed by atoms with van der Waals surface area (Å²) in [7, 11) is 3.37. The van der Waals surface area contributed by atoms with Gasteiger partial charge in [-0.2, -0.15) is 0 Å². The first kappa shape index (κ1) is 18.7. The van der Waals surface area contributed by atoms with Crippen LogP contribution in [0.2, 0.25) is 0 Å². The van der Waals surface area contributed by atoms with Crippen molar-refractivity contribution in [1.82, 2.24) is 10.2 Å². The molecule has 0 fully saturated rings. The number of nitrogens with zero attached hydrogens (tertiary/aromatic N) is 1. The summed E-state index contributed by atoms with van der Waals surface area (Å²) in [5, 5.41) is 2.84. The van der Waals surface area contributed by atoms with Gasteiger partial charge in [-0.25, -0.2) is 0 Å². The van der Waals surface area contributed by atoms with E-state index in [2.05, 4.69) is 5.32 Å². The Morgan fingerprint density at radius 3 is 2.12 bits per heavy atom. The summed E-state index contributed by atoms with van der Waals surface area (Å²) in [5.74, 6) is -0.363. The van der Waals surface area contributed by atoms with Crippen LogP contribution in [0.4, 0.5) is 0 Å². The van der Waals surface area contributed by atoms with Crippen LogP contribution in [0, 0.1) is 0 Å². The highest BCUT2D eigenvalue weighted by Crippen LogP contribution is 2.13. The normalized spacial score (nSPS) is 12.9. The van der Waals surface area contributed by atoms with Gasteiger partial charge in [-0.1, -0.05) is 60.7 Å². The highest BCUT2D eigenvalue weighted by atomic mass is 16.2. The molecule has 0 bridgehead atoms. The second-order valence-electron chi connectivity index (χ2n) is 6.26. The minimum atomic E-state index is -0.604. The second kappa shape index (κ2) is 8.99. The second-order valence-corrected chi connectivity index (χ2v) is 6.26. The van der Waals surface area contributed by atoms with Crippen LogP contribution < -0.4 is 11.1 Å². The minimum Gasteiger partial charge on any atom is -0.347 e. The van der Waals surface area contributed by atoms with E-state index in [1.165, 1.54) is 4.90 Å². The first-order valence-electron chi connectivity index (χ1n) is 8.32. The molecule has 2 aromatic carbocycles. The van der Waals surface area contributed by atoms with Gasteiger partial charge >= 0.3 is 0 Å². The molecule has 0 aromatic heterocycles. The maximum absolute atomic E-state index is 12.4. The summed E-state index contributed by atoms with van der Waals surface area (Å²) < 4.78 is 0. The van der Waals surface area contributed by atoms with Crippen LogP contribution in [0.25, 0.3) is 0 Å². The molecule has 2 aromatic rings. The third-order valence-electron chi connectivity index (χ3n) is 3.99. The van der Waals surface area contributed by atoms with Gasteiger partial charge in [0.25, 0.3) is 0 Å². The predicted octanol–water partition coefficient (Wildman–Crippen LogP) is 1.89. The fourth-order valence-electron chi connectivity index (χ4n) is 2.63. The number of nitrogens with two attached hydrogens (primary N) is 1. The lowest BCUT2D eigenvalue weighted by Gasteiger charge is -2.22. The van der Waals surface area contributed by atoms with Crippen LogP contribution in [-0.2, 0) is 16.0 Å². The number of benzene rings is 2. The Morgan fingerprint density at radius 2 is 1.56 bits per heavy atom. The Bertz CT molecular complexity index is 687. The number of carbonyl (C=O) groups is 2. The molecule has 0 radical (unpaired) electrons. The number of carbonyl (C=O) groups excluding carboxylic acids is 2. The third-order valence-corrected chi connectivity index (χ3v) is 3.99. The zero-order valence-electron chi connectivity index (χ0n) is 14.7. The molecule has 5 heteroatoms. The summed E-state index contributed by atoms with van der Waals surface area (Å²) in [4.78, 5) is 26.3. The fraction of sp³-hybridized carbons (Fsp3) is 0.300. The zero-order chi connectivity index (χ0) is 18.2. The molecule has 2 rings (SSSR count). The average molecular weight is 339 g/mol. The topological polar surface area (TPSA) is 75.4 Å². The molecule has 0 saturated heterocycles. The Morgan fingerprint density at radius 1 is 1.00 bits per heavy atom. The van der Waals surface area contributed by atoms with E-state index >= 15 is 0 Å². The molecule has 132 valence electrons. The van der Waals surface area contributed by atoms with Crippen molar-refractivity contribution in [2.24, 2.45) is 5.73 Å². The molecule has 2 unspecified atom stereocenters. The first-order valence-corrected chi connectivity index (χ1v) is 8.32. The summed E-state index contributed by atoms with van der Waals surface area (Å²) in [6.45, 7) is 0. The Kier molecular flexibility index (Phi) is 6.71. The van der Waals surface area contributed by atoms with Gasteiger partial charge in [0.15, 0.2) is 0 Å². The maximum Gasteiger partial charge on any atom is 0.244 e. The standard InChI is InChI=1S/C20H25N3O2/c1-23(2)20(25)18(13-15-9-5-3-6-10-15)22-19(24)14-17(21)16-11-7-4-8-12-16/h3-12,17-18H,13-14,21H2,1-2H3,(H,22,24). The van der Waals surface area contributed by atoms with Gasteiger partial charge in [-0.05, 0) is 11.1 Å². The van der Waals surface area contributed by atoms with Crippen LogP contribution in [-0.4, -0.2) is 36.9 Å². The molecule has 0 aliphatic carbocycles. The maximum atomic E-state index is 12.4. The molecule has 0 aliphatic rings. The average Bonchev–Trinajstić information content (AvgIpc) is 2.62. The van der Waals surface area contributed by atoms with Crippen LogP contribution in [0.5, 0.6) is 0 Å². The van der Waals surface area contributed by atoms with Crippen molar-refractivity contribution in [3.63, 3.8) is 0 Å². The van der Waals surface area contributed by atoms with Gasteiger partial charge in [-0.15, -0.1) is 0 Å². The van der Waals surface area contributed by atoms with Crippen molar-refractivity contribution in [2.45, 2.75) is 24.9 Å². The third kappa shape index (κ3) is 5.72. The lowest BCUT2D eigenvalue weighted by atomic mass is 10.0.